The first-order chi connectivity index (χ1) is 14.0. The van der Waals surface area contributed by atoms with Gasteiger partial charge in [-0.05, 0) is 42.3 Å². The highest BCUT2D eigenvalue weighted by Gasteiger charge is 2.15. The van der Waals surface area contributed by atoms with E-state index >= 15 is 0 Å². The molecule has 0 fully saturated rings. The summed E-state index contributed by atoms with van der Waals surface area (Å²) >= 11 is 12.5. The van der Waals surface area contributed by atoms with Crippen molar-refractivity contribution in [3.8, 4) is 11.5 Å². The number of halogens is 3. The molecule has 0 radical (unpaired) electrons. The molecule has 3 aromatic rings. The number of methoxy groups -OCH3 is 1. The molecule has 0 aliphatic rings. The molecule has 3 aromatic carbocycles. The normalized spacial score (nSPS) is 11.9. The average Bonchev–Trinajstić information content (AvgIpc) is 2.73. The van der Waals surface area contributed by atoms with Crippen molar-refractivity contribution in [2.24, 2.45) is 0 Å². The molecule has 3 nitrogen and oxygen atoms in total. The monoisotopic (exact) mass is 433 g/mol. The average molecular weight is 434 g/mol. The second-order valence-electron chi connectivity index (χ2n) is 6.61. The topological polar surface area (TPSA) is 30.5 Å². The Balaban J connectivity index is 1.72. The molecule has 0 saturated carbocycles. The Labute approximate surface area is 180 Å². The van der Waals surface area contributed by atoms with Crippen LogP contribution < -0.4 is 14.8 Å². The van der Waals surface area contributed by atoms with E-state index in [0.717, 1.165) is 5.56 Å². The van der Waals surface area contributed by atoms with Gasteiger partial charge in [0.2, 0.25) is 0 Å². The fourth-order valence-electron chi connectivity index (χ4n) is 2.96. The molecule has 0 bridgehead atoms. The van der Waals surface area contributed by atoms with Crippen LogP contribution in [-0.2, 0) is 13.2 Å². The SMILES string of the molecule is COc1cc(CNC(C)c2ccccc2)cc(Cl)c1OCc1c(F)cccc1Cl. The number of hydrogen-bond acceptors (Lipinski definition) is 3. The van der Waals surface area contributed by atoms with E-state index < -0.39 is 5.82 Å². The first-order valence-electron chi connectivity index (χ1n) is 9.20. The van der Waals surface area contributed by atoms with Gasteiger partial charge in [0, 0.05) is 18.2 Å². The molecule has 3 rings (SSSR count). The van der Waals surface area contributed by atoms with E-state index in [-0.39, 0.29) is 18.2 Å². The quantitative estimate of drug-likeness (QED) is 0.435. The van der Waals surface area contributed by atoms with Gasteiger partial charge in [-0.3, -0.25) is 0 Å². The summed E-state index contributed by atoms with van der Waals surface area (Å²) in [7, 11) is 1.54. The van der Waals surface area contributed by atoms with Gasteiger partial charge < -0.3 is 14.8 Å². The molecular weight excluding hydrogens is 412 g/mol. The second kappa shape index (κ2) is 9.97. The highest BCUT2D eigenvalue weighted by molar-refractivity contribution is 6.32. The van der Waals surface area contributed by atoms with Crippen molar-refractivity contribution in [1.29, 1.82) is 0 Å². The lowest BCUT2D eigenvalue weighted by Crippen LogP contribution is -2.18. The summed E-state index contributed by atoms with van der Waals surface area (Å²) in [6.07, 6.45) is 0. The van der Waals surface area contributed by atoms with Crippen molar-refractivity contribution in [2.45, 2.75) is 26.1 Å². The van der Waals surface area contributed by atoms with E-state index in [1.807, 2.05) is 30.3 Å². The Kier molecular flexibility index (Phi) is 7.37. The molecule has 1 N–H and O–H groups in total. The molecule has 0 amide bonds. The molecule has 0 aliphatic heterocycles. The first kappa shape index (κ1) is 21.4. The molecule has 0 spiro atoms. The third kappa shape index (κ3) is 5.41. The molecule has 29 heavy (non-hydrogen) atoms. The van der Waals surface area contributed by atoms with E-state index in [1.54, 1.807) is 19.2 Å². The zero-order valence-electron chi connectivity index (χ0n) is 16.2. The number of nitrogens with one attached hydrogen (secondary N) is 1. The third-order valence-electron chi connectivity index (χ3n) is 4.62. The van der Waals surface area contributed by atoms with Gasteiger partial charge in [0.15, 0.2) is 11.5 Å². The van der Waals surface area contributed by atoms with Gasteiger partial charge in [-0.2, -0.15) is 0 Å². The number of ether oxygens (including phenoxy) is 2. The molecule has 1 atom stereocenters. The minimum absolute atomic E-state index is 0.0514. The maximum absolute atomic E-state index is 14.0. The predicted molar refractivity (Wildman–Crippen MR) is 115 cm³/mol. The Morgan fingerprint density at radius 1 is 1.00 bits per heavy atom. The van der Waals surface area contributed by atoms with Gasteiger partial charge in [-0.15, -0.1) is 0 Å². The Morgan fingerprint density at radius 3 is 2.45 bits per heavy atom. The van der Waals surface area contributed by atoms with Crippen LogP contribution in [0.5, 0.6) is 11.5 Å². The van der Waals surface area contributed by atoms with Crippen molar-refractivity contribution < 1.29 is 13.9 Å². The summed E-state index contributed by atoms with van der Waals surface area (Å²) in [5.74, 6) is 0.408. The van der Waals surface area contributed by atoms with E-state index in [9.17, 15) is 4.39 Å². The van der Waals surface area contributed by atoms with E-state index in [0.29, 0.717) is 28.1 Å². The Hall–Kier alpha value is -2.27. The van der Waals surface area contributed by atoms with Crippen LogP contribution in [0.4, 0.5) is 4.39 Å². The Morgan fingerprint density at radius 2 is 1.76 bits per heavy atom. The van der Waals surface area contributed by atoms with Crippen LogP contribution in [0, 0.1) is 5.82 Å². The summed E-state index contributed by atoms with van der Waals surface area (Å²) < 4.78 is 25.2. The summed E-state index contributed by atoms with van der Waals surface area (Å²) in [6.45, 7) is 2.65. The molecule has 0 saturated heterocycles. The van der Waals surface area contributed by atoms with Gasteiger partial charge in [0.05, 0.1) is 17.2 Å². The van der Waals surface area contributed by atoms with Crippen LogP contribution in [0.25, 0.3) is 0 Å². The van der Waals surface area contributed by atoms with E-state index in [2.05, 4.69) is 24.4 Å². The van der Waals surface area contributed by atoms with Crippen molar-refractivity contribution in [3.05, 3.63) is 93.2 Å². The van der Waals surface area contributed by atoms with E-state index in [4.69, 9.17) is 32.7 Å². The lowest BCUT2D eigenvalue weighted by molar-refractivity contribution is 0.280. The van der Waals surface area contributed by atoms with Crippen molar-refractivity contribution >= 4 is 23.2 Å². The van der Waals surface area contributed by atoms with Crippen molar-refractivity contribution in [3.63, 3.8) is 0 Å². The third-order valence-corrected chi connectivity index (χ3v) is 5.26. The van der Waals surface area contributed by atoms with Gasteiger partial charge in [0.25, 0.3) is 0 Å². The smallest absolute Gasteiger partial charge is 0.180 e. The summed E-state index contributed by atoms with van der Waals surface area (Å²) in [5.41, 5.74) is 2.42. The maximum atomic E-state index is 14.0. The van der Waals surface area contributed by atoms with Gasteiger partial charge >= 0.3 is 0 Å². The highest BCUT2D eigenvalue weighted by Crippen LogP contribution is 2.37. The zero-order valence-corrected chi connectivity index (χ0v) is 17.7. The lowest BCUT2D eigenvalue weighted by Gasteiger charge is -2.17. The van der Waals surface area contributed by atoms with Crippen LogP contribution in [0.15, 0.2) is 60.7 Å². The Bertz CT molecular complexity index is 946. The fraction of sp³-hybridized carbons (Fsp3) is 0.217. The largest absolute Gasteiger partial charge is 0.493 e. The molecule has 1 unspecified atom stereocenters. The van der Waals surface area contributed by atoms with Gasteiger partial charge in [-0.1, -0.05) is 59.6 Å². The molecule has 0 aromatic heterocycles. The maximum Gasteiger partial charge on any atom is 0.180 e. The summed E-state index contributed by atoms with van der Waals surface area (Å²) in [6, 6.07) is 18.5. The van der Waals surface area contributed by atoms with E-state index in [1.165, 1.54) is 11.6 Å². The van der Waals surface area contributed by atoms with Crippen molar-refractivity contribution in [2.75, 3.05) is 7.11 Å². The lowest BCUT2D eigenvalue weighted by atomic mass is 10.1. The number of hydrogen-bond donors (Lipinski definition) is 1. The van der Waals surface area contributed by atoms with Crippen LogP contribution in [-0.4, -0.2) is 7.11 Å². The van der Waals surface area contributed by atoms with Crippen LogP contribution in [0.3, 0.4) is 0 Å². The van der Waals surface area contributed by atoms with Gasteiger partial charge in [0.1, 0.15) is 12.4 Å². The molecule has 152 valence electrons. The summed E-state index contributed by atoms with van der Waals surface area (Å²) in [5, 5.41) is 4.16. The second-order valence-corrected chi connectivity index (χ2v) is 7.43. The minimum atomic E-state index is -0.427. The molecular formula is C23H22Cl2FNO2. The molecule has 0 aliphatic carbocycles. The fourth-order valence-corrected chi connectivity index (χ4v) is 3.47. The highest BCUT2D eigenvalue weighted by atomic mass is 35.5. The predicted octanol–water partition coefficient (Wildman–Crippen LogP) is 6.57. The van der Waals surface area contributed by atoms with Crippen molar-refractivity contribution in [1.82, 2.24) is 5.32 Å². The first-order valence-corrected chi connectivity index (χ1v) is 9.95. The molecule has 0 heterocycles. The summed E-state index contributed by atoms with van der Waals surface area (Å²) in [4.78, 5) is 0. The van der Waals surface area contributed by atoms with Crippen LogP contribution in [0.1, 0.15) is 29.7 Å². The number of rotatable bonds is 8. The van der Waals surface area contributed by atoms with Crippen LogP contribution in [0.2, 0.25) is 10.0 Å². The standard InChI is InChI=1S/C23H22Cl2FNO2/c1-15(17-7-4-3-5-8-17)27-13-16-11-20(25)23(22(12-16)28-2)29-14-18-19(24)9-6-10-21(18)26/h3-12,15,27H,13-14H2,1-2H3. The minimum Gasteiger partial charge on any atom is -0.493 e. The van der Waals surface area contributed by atoms with Gasteiger partial charge in [-0.25, -0.2) is 4.39 Å². The van der Waals surface area contributed by atoms with Crippen LogP contribution >= 0.6 is 23.2 Å². The zero-order chi connectivity index (χ0) is 20.8. The number of benzene rings is 3. The molecule has 6 heteroatoms.